The van der Waals surface area contributed by atoms with Crippen molar-refractivity contribution in [2.75, 3.05) is 32.8 Å². The van der Waals surface area contributed by atoms with Crippen LogP contribution in [0.5, 0.6) is 11.5 Å². The maximum Gasteiger partial charge on any atom is 0.413 e. The van der Waals surface area contributed by atoms with Crippen molar-refractivity contribution in [2.45, 2.75) is 104 Å². The zero-order chi connectivity index (χ0) is 42.7. The van der Waals surface area contributed by atoms with Gasteiger partial charge in [0, 0.05) is 26.2 Å². The van der Waals surface area contributed by atoms with Gasteiger partial charge in [-0.25, -0.2) is 28.8 Å². The van der Waals surface area contributed by atoms with Gasteiger partial charge in [-0.15, -0.1) is 0 Å². The summed E-state index contributed by atoms with van der Waals surface area (Å²) in [6.07, 6.45) is -3.21. The lowest BCUT2D eigenvalue weighted by atomic mass is 9.88. The highest BCUT2D eigenvalue weighted by atomic mass is 16.6. The number of benzene rings is 2. The number of ether oxygens (including phenoxy) is 6. The maximum absolute atomic E-state index is 13.8. The molecule has 2 aromatic carbocycles. The summed E-state index contributed by atoms with van der Waals surface area (Å²) in [7, 11) is 0. The Hall–Kier alpha value is -5.74. The van der Waals surface area contributed by atoms with Crippen molar-refractivity contribution >= 4 is 36.4 Å². The van der Waals surface area contributed by atoms with E-state index in [1.807, 2.05) is 0 Å². The maximum atomic E-state index is 13.8. The van der Waals surface area contributed by atoms with E-state index in [4.69, 9.17) is 28.4 Å². The lowest BCUT2D eigenvalue weighted by Crippen LogP contribution is -2.56. The minimum atomic E-state index is -1.42. The lowest BCUT2D eigenvalue weighted by Gasteiger charge is -2.35. The molecule has 0 saturated heterocycles. The second-order valence-corrected chi connectivity index (χ2v) is 16.2. The van der Waals surface area contributed by atoms with Crippen molar-refractivity contribution in [3.8, 4) is 11.5 Å². The van der Waals surface area contributed by atoms with Gasteiger partial charge in [0.2, 0.25) is 0 Å². The molecule has 5 N–H and O–H groups in total. The summed E-state index contributed by atoms with van der Waals surface area (Å²) in [4.78, 5) is 77.4. The minimum absolute atomic E-state index is 0.0631. The van der Waals surface area contributed by atoms with Crippen molar-refractivity contribution in [1.82, 2.24) is 26.6 Å². The molecule has 0 fully saturated rings. The van der Waals surface area contributed by atoms with Crippen molar-refractivity contribution in [1.29, 1.82) is 0 Å². The number of carbonyl (C=O) groups is 6. The number of nitrogens with one attached hydrogen (secondary N) is 5. The molecule has 0 radical (unpaired) electrons. The van der Waals surface area contributed by atoms with E-state index in [0.717, 1.165) is 0 Å². The molecule has 1 unspecified atom stereocenters. The molecule has 5 amide bonds. The van der Waals surface area contributed by atoms with Crippen LogP contribution >= 0.6 is 0 Å². The molecule has 316 valence electrons. The number of hydrogen-bond donors (Lipinski definition) is 5. The van der Waals surface area contributed by atoms with Gasteiger partial charge in [-0.2, -0.15) is 0 Å². The summed E-state index contributed by atoms with van der Waals surface area (Å²) in [5, 5.41) is 13.1. The van der Waals surface area contributed by atoms with E-state index in [-0.39, 0.29) is 38.3 Å². The molecule has 0 spiro atoms. The molecule has 0 aliphatic carbocycles. The van der Waals surface area contributed by atoms with Gasteiger partial charge in [-0.3, -0.25) is 0 Å². The number of hydrogen-bond acceptors (Lipinski definition) is 12. The van der Waals surface area contributed by atoms with Gasteiger partial charge in [-0.1, -0.05) is 36.4 Å². The third-order valence-corrected chi connectivity index (χ3v) is 7.21. The molecule has 0 aromatic heterocycles. The molecular weight excluding hydrogens is 742 g/mol. The first-order chi connectivity index (χ1) is 26.5. The monoisotopic (exact) mass is 801 g/mol. The average Bonchev–Trinajstić information content (AvgIpc) is 3.09. The van der Waals surface area contributed by atoms with E-state index < -0.39 is 71.3 Å². The molecule has 17 heteroatoms. The van der Waals surface area contributed by atoms with Crippen LogP contribution in [0.3, 0.4) is 0 Å². The van der Waals surface area contributed by atoms with E-state index >= 15 is 0 Å². The topological polar surface area (TPSA) is 218 Å². The van der Waals surface area contributed by atoms with Crippen molar-refractivity contribution in [3.63, 3.8) is 0 Å². The Morgan fingerprint density at radius 1 is 0.526 bits per heavy atom. The highest BCUT2D eigenvalue weighted by Crippen LogP contribution is 2.20. The first-order valence-corrected chi connectivity index (χ1v) is 18.6. The third kappa shape index (κ3) is 21.8. The van der Waals surface area contributed by atoms with Crippen molar-refractivity contribution < 1.29 is 57.2 Å². The van der Waals surface area contributed by atoms with Crippen LogP contribution in [0.15, 0.2) is 60.7 Å². The Labute approximate surface area is 334 Å². The highest BCUT2D eigenvalue weighted by molar-refractivity contribution is 5.82. The van der Waals surface area contributed by atoms with Gasteiger partial charge in [0.1, 0.15) is 41.0 Å². The normalized spacial score (nSPS) is 12.2. The second kappa shape index (κ2) is 22.1. The molecule has 2 aromatic rings. The van der Waals surface area contributed by atoms with Crippen LogP contribution < -0.4 is 36.1 Å². The molecule has 0 bridgehead atoms. The zero-order valence-electron chi connectivity index (χ0n) is 34.4. The fourth-order valence-corrected chi connectivity index (χ4v) is 4.70. The third-order valence-electron chi connectivity index (χ3n) is 7.21. The van der Waals surface area contributed by atoms with Crippen LogP contribution in [-0.2, 0) is 23.7 Å². The van der Waals surface area contributed by atoms with Gasteiger partial charge in [-0.05, 0) is 106 Å². The molecule has 0 aliphatic heterocycles. The van der Waals surface area contributed by atoms with E-state index in [1.54, 1.807) is 123 Å². The predicted octanol–water partition coefficient (Wildman–Crippen LogP) is 6.21. The van der Waals surface area contributed by atoms with Crippen molar-refractivity contribution in [2.24, 2.45) is 5.41 Å². The first kappa shape index (κ1) is 47.4. The van der Waals surface area contributed by atoms with Crippen LogP contribution in [0.4, 0.5) is 24.0 Å². The number of unbranched alkanes of at least 4 members (excludes halogenated alkanes) is 1. The van der Waals surface area contributed by atoms with Gasteiger partial charge in [0.25, 0.3) is 0 Å². The Morgan fingerprint density at radius 3 is 1.33 bits per heavy atom. The molecular formula is C40H59N5O12. The van der Waals surface area contributed by atoms with Gasteiger partial charge in [0.05, 0.1) is 5.41 Å². The number of alkyl carbamates (subject to hydrolysis) is 3. The summed E-state index contributed by atoms with van der Waals surface area (Å²) in [5.41, 5.74) is -3.98. The smallest absolute Gasteiger partial charge is 0.413 e. The summed E-state index contributed by atoms with van der Waals surface area (Å²) in [6, 6.07) is 15.5. The van der Waals surface area contributed by atoms with E-state index in [9.17, 15) is 28.8 Å². The molecule has 17 nitrogen and oxygen atoms in total. The molecule has 0 heterocycles. The first-order valence-electron chi connectivity index (χ1n) is 18.6. The Balaban J connectivity index is 2.30. The number of rotatable bonds is 17. The largest absolute Gasteiger partial charge is 0.463 e. The predicted molar refractivity (Wildman–Crippen MR) is 210 cm³/mol. The molecule has 0 saturated carbocycles. The van der Waals surface area contributed by atoms with Crippen LogP contribution in [0.25, 0.3) is 0 Å². The highest BCUT2D eigenvalue weighted by Gasteiger charge is 2.37. The minimum Gasteiger partial charge on any atom is -0.463 e. The van der Waals surface area contributed by atoms with Gasteiger partial charge < -0.3 is 55.0 Å². The van der Waals surface area contributed by atoms with Crippen LogP contribution in [0.1, 0.15) is 81.6 Å². The van der Waals surface area contributed by atoms with Crippen molar-refractivity contribution in [3.05, 3.63) is 60.7 Å². The van der Waals surface area contributed by atoms with Crippen LogP contribution in [0, 0.1) is 5.41 Å². The van der Waals surface area contributed by atoms with E-state index in [2.05, 4.69) is 26.6 Å². The Kier molecular flexibility index (Phi) is 18.4. The molecule has 0 aliphatic rings. The number of para-hydroxylation sites is 2. The molecule has 57 heavy (non-hydrogen) atoms. The van der Waals surface area contributed by atoms with E-state index in [1.165, 1.54) is 0 Å². The van der Waals surface area contributed by atoms with Crippen LogP contribution in [-0.4, -0.2) is 92.1 Å². The Bertz CT molecular complexity index is 1520. The van der Waals surface area contributed by atoms with Crippen LogP contribution in [0.2, 0.25) is 0 Å². The quantitative estimate of drug-likeness (QED) is 0.0686. The summed E-state index contributed by atoms with van der Waals surface area (Å²) >= 11 is 0. The fraction of sp³-hybridized carbons (Fsp3) is 0.550. The fourth-order valence-electron chi connectivity index (χ4n) is 4.70. The lowest BCUT2D eigenvalue weighted by molar-refractivity contribution is -0.149. The van der Waals surface area contributed by atoms with Gasteiger partial charge in [0.15, 0.2) is 0 Å². The standard InChI is InChI=1S/C40H59N5O12/c1-37(2,3)55-33(48)42-24-40(25-43-34(49)56-38(4,5)6,26-44-35(50)57-39(7,8)9)27-52-31(46)30(45-36(51)54-29-20-14-11-15-21-29)22-16-17-23-41-32(47)53-28-18-12-10-13-19-28/h10-15,18-21,30H,16-17,22-27H2,1-9H3,(H,41,47)(H,42,48)(H,43,49)(H,44,50)(H,45,51). The van der Waals surface area contributed by atoms with E-state index in [0.29, 0.717) is 18.6 Å². The van der Waals surface area contributed by atoms with Gasteiger partial charge >= 0.3 is 36.4 Å². The zero-order valence-corrected chi connectivity index (χ0v) is 34.4. The summed E-state index contributed by atoms with van der Waals surface area (Å²) < 4.78 is 32.6. The average molecular weight is 802 g/mol. The molecule has 2 rings (SSSR count). The Morgan fingerprint density at radius 2 is 0.930 bits per heavy atom. The summed E-state index contributed by atoms with van der Waals surface area (Å²) in [5.74, 6) is -0.275. The number of carbonyl (C=O) groups excluding carboxylic acids is 6. The number of amides is 5. The molecule has 1 atom stereocenters. The SMILES string of the molecule is CC(C)(C)OC(=O)NCC(CNC(=O)OC(C)(C)C)(CNC(=O)OC(C)(C)C)COC(=O)C(CCCCNC(=O)Oc1ccccc1)NC(=O)Oc1ccccc1. The number of esters is 1. The second-order valence-electron chi connectivity index (χ2n) is 16.2. The summed E-state index contributed by atoms with van der Waals surface area (Å²) in [6.45, 7) is 14.0.